The highest BCUT2D eigenvalue weighted by molar-refractivity contribution is 7.80. The average Bonchev–Trinajstić information content (AvgIpc) is 2.51. The fourth-order valence-corrected chi connectivity index (χ4v) is 3.04. The first kappa shape index (κ1) is 22.4. The largest absolute Gasteiger partial charge is 0.349 e. The summed E-state index contributed by atoms with van der Waals surface area (Å²) < 4.78 is 0. The van der Waals surface area contributed by atoms with Gasteiger partial charge >= 0.3 is 0 Å². The summed E-state index contributed by atoms with van der Waals surface area (Å²) >= 11 is 5.38. The molecule has 0 unspecified atom stereocenters. The molecule has 1 amide bonds. The molecule has 1 N–H and O–H groups in total. The number of hydrogen-bond acceptors (Lipinski definition) is 2. The van der Waals surface area contributed by atoms with Crippen LogP contribution in [0.25, 0.3) is 0 Å². The quantitative estimate of drug-likeness (QED) is 0.337. The lowest BCUT2D eigenvalue weighted by molar-refractivity contribution is -0.117. The Labute approximate surface area is 149 Å². The van der Waals surface area contributed by atoms with Crippen molar-refractivity contribution in [2.45, 2.75) is 97.8 Å². The Kier molecular flexibility index (Phi) is 15.8. The minimum Gasteiger partial charge on any atom is -0.349 e. The van der Waals surface area contributed by atoms with Crippen LogP contribution in [0.2, 0.25) is 0 Å². The zero-order valence-corrected chi connectivity index (χ0v) is 16.5. The predicted octanol–water partition coefficient (Wildman–Crippen LogP) is 5.43. The van der Waals surface area contributed by atoms with Crippen molar-refractivity contribution in [1.82, 2.24) is 10.2 Å². The Hall–Kier alpha value is -0.640. The van der Waals surface area contributed by atoms with Gasteiger partial charge in [-0.2, -0.15) is 0 Å². The van der Waals surface area contributed by atoms with Crippen LogP contribution in [0.4, 0.5) is 0 Å². The maximum Gasteiger partial charge on any atom is 0.222 e. The molecule has 0 rings (SSSR count). The van der Waals surface area contributed by atoms with Crippen molar-refractivity contribution >= 4 is 23.2 Å². The van der Waals surface area contributed by atoms with Crippen molar-refractivity contribution in [3.63, 3.8) is 0 Å². The molecule has 0 atom stereocenters. The molecule has 3 nitrogen and oxygen atoms in total. The molecule has 0 aliphatic heterocycles. The molecule has 0 aromatic heterocycles. The lowest BCUT2D eigenvalue weighted by Crippen LogP contribution is -2.42. The van der Waals surface area contributed by atoms with E-state index in [-0.39, 0.29) is 5.91 Å². The van der Waals surface area contributed by atoms with Crippen LogP contribution in [0, 0.1) is 0 Å². The van der Waals surface area contributed by atoms with Crippen LogP contribution < -0.4 is 5.32 Å². The molecule has 0 aliphatic rings. The van der Waals surface area contributed by atoms with Gasteiger partial charge in [0.15, 0.2) is 5.11 Å². The van der Waals surface area contributed by atoms with Crippen molar-refractivity contribution in [2.24, 2.45) is 0 Å². The van der Waals surface area contributed by atoms with Crippen LogP contribution in [0.15, 0.2) is 0 Å². The summed E-state index contributed by atoms with van der Waals surface area (Å²) in [7, 11) is 0. The number of hydrogen-bond donors (Lipinski definition) is 1. The summed E-state index contributed by atoms with van der Waals surface area (Å²) in [5.74, 6) is -0.0640. The molecule has 4 heteroatoms. The Morgan fingerprint density at radius 1 is 0.783 bits per heavy atom. The van der Waals surface area contributed by atoms with Gasteiger partial charge in [-0.3, -0.25) is 4.79 Å². The maximum absolute atomic E-state index is 11.2. The second-order valence-corrected chi connectivity index (χ2v) is 6.90. The summed E-state index contributed by atoms with van der Waals surface area (Å²) in [4.78, 5) is 13.4. The number of thiocarbonyl (C=S) groups is 1. The van der Waals surface area contributed by atoms with Crippen molar-refractivity contribution in [3.8, 4) is 0 Å². The van der Waals surface area contributed by atoms with E-state index >= 15 is 0 Å². The third-order valence-corrected chi connectivity index (χ3v) is 4.49. The van der Waals surface area contributed by atoms with Crippen LogP contribution in [0.1, 0.15) is 97.8 Å². The first-order valence-corrected chi connectivity index (χ1v) is 10.1. The fourth-order valence-electron chi connectivity index (χ4n) is 2.71. The number of unbranched alkanes of at least 4 members (excludes halogenated alkanes) is 10. The lowest BCUT2D eigenvalue weighted by Gasteiger charge is -2.25. The van der Waals surface area contributed by atoms with E-state index < -0.39 is 0 Å². The van der Waals surface area contributed by atoms with Crippen molar-refractivity contribution in [2.75, 3.05) is 13.1 Å². The zero-order chi connectivity index (χ0) is 17.3. The van der Waals surface area contributed by atoms with E-state index in [0.29, 0.717) is 5.11 Å². The number of amides is 1. The summed E-state index contributed by atoms with van der Waals surface area (Å²) in [6.45, 7) is 7.96. The summed E-state index contributed by atoms with van der Waals surface area (Å²) in [6.07, 6.45) is 15.4. The zero-order valence-electron chi connectivity index (χ0n) is 15.7. The van der Waals surface area contributed by atoms with E-state index in [1.165, 1.54) is 84.0 Å². The van der Waals surface area contributed by atoms with Gasteiger partial charge in [0, 0.05) is 20.0 Å². The van der Waals surface area contributed by atoms with E-state index in [1.54, 1.807) is 0 Å². The Morgan fingerprint density at radius 3 is 1.57 bits per heavy atom. The van der Waals surface area contributed by atoms with Crippen LogP contribution in [-0.2, 0) is 4.79 Å². The van der Waals surface area contributed by atoms with Crippen LogP contribution in [0.3, 0.4) is 0 Å². The first-order valence-electron chi connectivity index (χ1n) is 9.68. The minimum absolute atomic E-state index is 0.0640. The van der Waals surface area contributed by atoms with Gasteiger partial charge in [0.2, 0.25) is 5.91 Å². The highest BCUT2D eigenvalue weighted by Crippen LogP contribution is 2.09. The van der Waals surface area contributed by atoms with E-state index in [4.69, 9.17) is 12.2 Å². The Morgan fingerprint density at radius 2 is 1.17 bits per heavy atom. The number of nitrogens with zero attached hydrogens (tertiary/aromatic N) is 1. The number of carbonyl (C=O) groups excluding carboxylic acids is 1. The van der Waals surface area contributed by atoms with Crippen molar-refractivity contribution in [1.29, 1.82) is 0 Å². The molecule has 0 heterocycles. The van der Waals surface area contributed by atoms with Gasteiger partial charge in [-0.1, -0.05) is 78.1 Å². The first-order chi connectivity index (χ1) is 11.1. The van der Waals surface area contributed by atoms with Crippen LogP contribution in [0.5, 0.6) is 0 Å². The highest BCUT2D eigenvalue weighted by Gasteiger charge is 2.10. The third-order valence-electron chi connectivity index (χ3n) is 4.13. The molecule has 0 radical (unpaired) electrons. The second kappa shape index (κ2) is 16.2. The SMILES string of the molecule is CCCCCCCCN(CCCCCCCC)C(=S)NC(C)=O. The van der Waals surface area contributed by atoms with E-state index in [2.05, 4.69) is 24.1 Å². The molecule has 136 valence electrons. The minimum atomic E-state index is -0.0640. The van der Waals surface area contributed by atoms with E-state index in [1.807, 2.05) is 0 Å². The number of nitrogens with one attached hydrogen (secondary N) is 1. The topological polar surface area (TPSA) is 32.3 Å². The molecule has 0 bridgehead atoms. The van der Waals surface area contributed by atoms with Crippen molar-refractivity contribution < 1.29 is 4.79 Å². The van der Waals surface area contributed by atoms with E-state index in [9.17, 15) is 4.79 Å². The van der Waals surface area contributed by atoms with Crippen molar-refractivity contribution in [3.05, 3.63) is 0 Å². The molecule has 0 saturated carbocycles. The van der Waals surface area contributed by atoms with Gasteiger partial charge in [0.25, 0.3) is 0 Å². The highest BCUT2D eigenvalue weighted by atomic mass is 32.1. The molecule has 0 saturated heterocycles. The monoisotopic (exact) mass is 342 g/mol. The summed E-state index contributed by atoms with van der Waals surface area (Å²) in [6, 6.07) is 0. The second-order valence-electron chi connectivity index (χ2n) is 6.51. The lowest BCUT2D eigenvalue weighted by atomic mass is 10.1. The molecule has 23 heavy (non-hydrogen) atoms. The van der Waals surface area contributed by atoms with Crippen LogP contribution in [-0.4, -0.2) is 29.0 Å². The van der Waals surface area contributed by atoms with Crippen LogP contribution >= 0.6 is 12.2 Å². The molecule has 0 spiro atoms. The molecule has 0 aromatic carbocycles. The average molecular weight is 343 g/mol. The Bertz CT molecular complexity index is 292. The summed E-state index contributed by atoms with van der Waals surface area (Å²) in [5, 5.41) is 3.39. The van der Waals surface area contributed by atoms with Gasteiger partial charge in [0.1, 0.15) is 0 Å². The van der Waals surface area contributed by atoms with Gasteiger partial charge in [-0.15, -0.1) is 0 Å². The van der Waals surface area contributed by atoms with E-state index in [0.717, 1.165) is 13.1 Å². The van der Waals surface area contributed by atoms with Gasteiger partial charge < -0.3 is 10.2 Å². The summed E-state index contributed by atoms with van der Waals surface area (Å²) in [5.41, 5.74) is 0. The molecular weight excluding hydrogens is 304 g/mol. The smallest absolute Gasteiger partial charge is 0.222 e. The normalized spacial score (nSPS) is 10.6. The number of rotatable bonds is 14. The van der Waals surface area contributed by atoms with Gasteiger partial charge in [0.05, 0.1) is 0 Å². The Balaban J connectivity index is 3.98. The standard InChI is InChI=1S/C19H38N2OS/c1-4-6-8-10-12-14-16-21(19(23)20-18(3)22)17-15-13-11-9-7-5-2/h4-17H2,1-3H3,(H,20,22,23). The van der Waals surface area contributed by atoms with Gasteiger partial charge in [-0.05, 0) is 25.1 Å². The predicted molar refractivity (Wildman–Crippen MR) is 105 cm³/mol. The molecule has 0 aromatic rings. The number of carbonyl (C=O) groups is 1. The molecular formula is C19H38N2OS. The molecule has 0 aliphatic carbocycles. The third kappa shape index (κ3) is 14.7. The van der Waals surface area contributed by atoms with Gasteiger partial charge in [-0.25, -0.2) is 0 Å². The molecule has 0 fully saturated rings. The fraction of sp³-hybridized carbons (Fsp3) is 0.895. The maximum atomic E-state index is 11.2.